The van der Waals surface area contributed by atoms with Gasteiger partial charge in [-0.2, -0.15) is 0 Å². The van der Waals surface area contributed by atoms with Gasteiger partial charge >= 0.3 is 0 Å². The molecule has 1 saturated carbocycles. The minimum atomic E-state index is 0.390. The van der Waals surface area contributed by atoms with Gasteiger partial charge in [0.2, 0.25) is 5.91 Å². The molecule has 0 bridgehead atoms. The van der Waals surface area contributed by atoms with Gasteiger partial charge in [-0.3, -0.25) is 4.79 Å². The Morgan fingerprint density at radius 2 is 2.33 bits per heavy atom. The second-order valence-electron chi connectivity index (χ2n) is 3.80. The Morgan fingerprint density at radius 3 is 3.00 bits per heavy atom. The van der Waals surface area contributed by atoms with Crippen LogP contribution >= 0.6 is 0 Å². The van der Waals surface area contributed by atoms with Gasteiger partial charge in [-0.25, -0.2) is 0 Å². The highest BCUT2D eigenvalue weighted by Crippen LogP contribution is 2.25. The Hall–Kier alpha value is -0.530. The predicted octanol–water partition coefficient (Wildman–Crippen LogP) is 1.76. The molecule has 1 saturated heterocycles. The van der Waals surface area contributed by atoms with Crippen LogP contribution in [0.1, 0.15) is 38.5 Å². The number of piperidine rings is 1. The lowest BCUT2D eigenvalue weighted by molar-refractivity contribution is -0.135. The molecule has 0 N–H and O–H groups in total. The zero-order chi connectivity index (χ0) is 8.39. The van der Waals surface area contributed by atoms with E-state index in [1.165, 1.54) is 19.3 Å². The Kier molecular flexibility index (Phi) is 2.33. The Bertz CT molecular complexity index is 173. The SMILES string of the molecule is O=C1CCCCN1C1C[CH]CC1. The maximum atomic E-state index is 11.5. The third-order valence-electron chi connectivity index (χ3n) is 2.94. The number of likely N-dealkylation sites (tertiary alicyclic amines) is 1. The quantitative estimate of drug-likeness (QED) is 0.581. The third-order valence-corrected chi connectivity index (χ3v) is 2.94. The van der Waals surface area contributed by atoms with E-state index in [1.54, 1.807) is 0 Å². The van der Waals surface area contributed by atoms with Crippen molar-refractivity contribution in [3.8, 4) is 0 Å². The van der Waals surface area contributed by atoms with Crippen molar-refractivity contribution in [3.05, 3.63) is 6.42 Å². The average molecular weight is 166 g/mol. The van der Waals surface area contributed by atoms with Crippen molar-refractivity contribution in [2.75, 3.05) is 6.54 Å². The Morgan fingerprint density at radius 1 is 1.42 bits per heavy atom. The van der Waals surface area contributed by atoms with E-state index in [9.17, 15) is 4.79 Å². The molecular formula is C10H16NO. The van der Waals surface area contributed by atoms with E-state index in [4.69, 9.17) is 0 Å². The van der Waals surface area contributed by atoms with Crippen molar-refractivity contribution in [1.29, 1.82) is 0 Å². The van der Waals surface area contributed by atoms with E-state index in [1.807, 2.05) is 0 Å². The lowest BCUT2D eigenvalue weighted by atomic mass is 10.1. The van der Waals surface area contributed by atoms with Gasteiger partial charge in [-0.15, -0.1) is 0 Å². The summed E-state index contributed by atoms with van der Waals surface area (Å²) < 4.78 is 0. The second-order valence-corrected chi connectivity index (χ2v) is 3.80. The molecule has 2 nitrogen and oxygen atoms in total. The number of nitrogens with zero attached hydrogens (tertiary/aromatic N) is 1. The molecule has 2 rings (SSSR count). The summed E-state index contributed by atoms with van der Waals surface area (Å²) >= 11 is 0. The molecule has 67 valence electrons. The fourth-order valence-corrected chi connectivity index (χ4v) is 2.23. The molecule has 1 radical (unpaired) electrons. The summed E-state index contributed by atoms with van der Waals surface area (Å²) in [5, 5.41) is 0. The molecule has 0 aromatic rings. The molecule has 1 aliphatic heterocycles. The molecule has 0 spiro atoms. The highest BCUT2D eigenvalue weighted by molar-refractivity contribution is 5.77. The van der Waals surface area contributed by atoms with Crippen molar-refractivity contribution >= 4 is 5.91 Å². The van der Waals surface area contributed by atoms with Crippen molar-refractivity contribution in [2.45, 2.75) is 44.6 Å². The summed E-state index contributed by atoms with van der Waals surface area (Å²) in [5.74, 6) is 0.390. The number of hydrogen-bond acceptors (Lipinski definition) is 1. The summed E-state index contributed by atoms with van der Waals surface area (Å²) in [4.78, 5) is 13.6. The lowest BCUT2D eigenvalue weighted by Crippen LogP contribution is -2.41. The number of amides is 1. The summed E-state index contributed by atoms with van der Waals surface area (Å²) in [6, 6.07) is 0.554. The summed E-state index contributed by atoms with van der Waals surface area (Å²) in [6.45, 7) is 1.01. The largest absolute Gasteiger partial charge is 0.340 e. The second kappa shape index (κ2) is 3.46. The van der Waals surface area contributed by atoms with Crippen LogP contribution in [0.2, 0.25) is 0 Å². The van der Waals surface area contributed by atoms with Gasteiger partial charge in [-0.1, -0.05) is 0 Å². The maximum absolute atomic E-state index is 11.5. The molecule has 1 atom stereocenters. The zero-order valence-electron chi connectivity index (χ0n) is 7.46. The first-order valence-electron chi connectivity index (χ1n) is 4.99. The van der Waals surface area contributed by atoms with E-state index >= 15 is 0 Å². The first-order chi connectivity index (χ1) is 5.88. The van der Waals surface area contributed by atoms with Crippen LogP contribution in [0.4, 0.5) is 0 Å². The van der Waals surface area contributed by atoms with Gasteiger partial charge in [0.05, 0.1) is 0 Å². The number of hydrogen-bond donors (Lipinski definition) is 0. The summed E-state index contributed by atoms with van der Waals surface area (Å²) in [7, 11) is 0. The van der Waals surface area contributed by atoms with Crippen LogP contribution in [-0.2, 0) is 4.79 Å². The molecule has 1 aliphatic carbocycles. The van der Waals surface area contributed by atoms with Crippen LogP contribution in [0.15, 0.2) is 0 Å². The first-order valence-corrected chi connectivity index (χ1v) is 4.99. The fraction of sp³-hybridized carbons (Fsp3) is 0.800. The monoisotopic (exact) mass is 166 g/mol. The van der Waals surface area contributed by atoms with Crippen molar-refractivity contribution in [3.63, 3.8) is 0 Å². The van der Waals surface area contributed by atoms with Crippen LogP contribution < -0.4 is 0 Å². The van der Waals surface area contributed by atoms with Gasteiger partial charge in [0.25, 0.3) is 0 Å². The smallest absolute Gasteiger partial charge is 0.222 e. The molecule has 1 amide bonds. The van der Waals surface area contributed by atoms with Crippen LogP contribution in [0.3, 0.4) is 0 Å². The number of rotatable bonds is 1. The highest BCUT2D eigenvalue weighted by atomic mass is 16.2. The van der Waals surface area contributed by atoms with Gasteiger partial charge < -0.3 is 4.90 Å². The van der Waals surface area contributed by atoms with Gasteiger partial charge in [0.1, 0.15) is 0 Å². The van der Waals surface area contributed by atoms with Gasteiger partial charge in [0, 0.05) is 19.0 Å². The van der Waals surface area contributed by atoms with Gasteiger partial charge in [0.15, 0.2) is 0 Å². The van der Waals surface area contributed by atoms with E-state index in [0.29, 0.717) is 11.9 Å². The summed E-state index contributed by atoms with van der Waals surface area (Å²) in [6.07, 6.45) is 8.95. The molecule has 0 aromatic carbocycles. The molecule has 0 aromatic heterocycles. The molecule has 1 unspecified atom stereocenters. The van der Waals surface area contributed by atoms with Crippen LogP contribution in [0.25, 0.3) is 0 Å². The molecule has 1 heterocycles. The Balaban J connectivity index is 1.95. The highest BCUT2D eigenvalue weighted by Gasteiger charge is 2.27. The molecule has 12 heavy (non-hydrogen) atoms. The first kappa shape index (κ1) is 8.09. The molecule has 2 fully saturated rings. The van der Waals surface area contributed by atoms with Crippen molar-refractivity contribution < 1.29 is 4.79 Å². The van der Waals surface area contributed by atoms with E-state index in [0.717, 1.165) is 25.8 Å². The van der Waals surface area contributed by atoms with E-state index in [2.05, 4.69) is 11.3 Å². The standard InChI is InChI=1S/C10H16NO/c12-10-7-3-4-8-11(10)9-5-1-2-6-9/h1,9H,2-8H2. The molecule has 2 aliphatic rings. The topological polar surface area (TPSA) is 20.3 Å². The van der Waals surface area contributed by atoms with Crippen LogP contribution in [0, 0.1) is 6.42 Å². The number of carbonyl (C=O) groups is 1. The van der Waals surface area contributed by atoms with Crippen molar-refractivity contribution in [2.24, 2.45) is 0 Å². The predicted molar refractivity (Wildman–Crippen MR) is 47.5 cm³/mol. The van der Waals surface area contributed by atoms with E-state index in [-0.39, 0.29) is 0 Å². The lowest BCUT2D eigenvalue weighted by Gasteiger charge is -2.32. The maximum Gasteiger partial charge on any atom is 0.222 e. The number of carbonyl (C=O) groups excluding carboxylic acids is 1. The fourth-order valence-electron chi connectivity index (χ4n) is 2.23. The third kappa shape index (κ3) is 1.47. The molecule has 2 heteroatoms. The minimum absolute atomic E-state index is 0.390. The van der Waals surface area contributed by atoms with Gasteiger partial charge in [-0.05, 0) is 38.5 Å². The average Bonchev–Trinajstić information content (AvgIpc) is 2.57. The zero-order valence-corrected chi connectivity index (χ0v) is 7.46. The summed E-state index contributed by atoms with van der Waals surface area (Å²) in [5.41, 5.74) is 0. The van der Waals surface area contributed by atoms with Crippen LogP contribution in [-0.4, -0.2) is 23.4 Å². The minimum Gasteiger partial charge on any atom is -0.340 e. The molecular weight excluding hydrogens is 150 g/mol. The van der Waals surface area contributed by atoms with Crippen LogP contribution in [0.5, 0.6) is 0 Å². The normalized spacial score (nSPS) is 26.7. The Labute approximate surface area is 73.9 Å². The van der Waals surface area contributed by atoms with Crippen molar-refractivity contribution in [1.82, 2.24) is 4.90 Å². The van der Waals surface area contributed by atoms with E-state index < -0.39 is 0 Å².